The van der Waals surface area contributed by atoms with Crippen molar-refractivity contribution in [3.63, 3.8) is 0 Å². The molecule has 0 heterocycles. The molecule has 0 aliphatic heterocycles. The van der Waals surface area contributed by atoms with Crippen LogP contribution in [-0.4, -0.2) is 6.04 Å². The summed E-state index contributed by atoms with van der Waals surface area (Å²) in [4.78, 5) is 2.20. The third-order valence-corrected chi connectivity index (χ3v) is 8.71. The highest BCUT2D eigenvalue weighted by Gasteiger charge is 2.33. The van der Waals surface area contributed by atoms with Gasteiger partial charge in [0.05, 0.1) is 6.07 Å². The van der Waals surface area contributed by atoms with E-state index in [0.29, 0.717) is 11.8 Å². The molecule has 0 saturated heterocycles. The van der Waals surface area contributed by atoms with Crippen LogP contribution in [0, 0.1) is 23.2 Å². The Morgan fingerprint density at radius 2 is 0.977 bits per heavy atom. The number of hydrogen-bond donors (Lipinski definition) is 0. The number of para-hydroxylation sites is 1. The van der Waals surface area contributed by atoms with E-state index in [9.17, 15) is 5.26 Å². The van der Waals surface area contributed by atoms with E-state index in [2.05, 4.69) is 158 Å². The first-order valence-corrected chi connectivity index (χ1v) is 15.1. The van der Waals surface area contributed by atoms with Crippen LogP contribution in [0.15, 0.2) is 157 Å². The van der Waals surface area contributed by atoms with Crippen LogP contribution in [0.2, 0.25) is 0 Å². The lowest BCUT2D eigenvalue weighted by Crippen LogP contribution is -2.33. The minimum Gasteiger partial charge on any atom is -0.321 e. The summed E-state index contributed by atoms with van der Waals surface area (Å²) in [7, 11) is 0. The van der Waals surface area contributed by atoms with Crippen molar-refractivity contribution in [2.75, 3.05) is 4.90 Å². The average molecular weight is 557 g/mol. The molecule has 0 fully saturated rings. The smallest absolute Gasteiger partial charge is 0.143 e. The van der Waals surface area contributed by atoms with Crippen molar-refractivity contribution in [3.8, 4) is 6.07 Å². The molecule has 5 aromatic rings. The molecule has 0 radical (unpaired) electrons. The molecule has 6 rings (SSSR count). The standard InChI is InChI=1S/C41H36N2/c1-30-23-28-38(31(30)2)39(29-42)43(36-21-13-6-14-22-36)37-26-24-35(25-27-37)41(34-19-11-5-12-20-34)40(32-15-7-3-8-16-32)33-17-9-4-10-18-33/h3-22,24-28,30-31,39H,23H2,1-2H3/t30-,31+,39?/m1/s1. The molecule has 0 spiro atoms. The molecule has 1 aliphatic rings. The minimum atomic E-state index is -0.374. The number of rotatable bonds is 8. The van der Waals surface area contributed by atoms with Gasteiger partial charge >= 0.3 is 0 Å². The SMILES string of the molecule is C[C@@H]1CC=C(C(C#N)N(c2ccccc2)c2ccc(C(=C(c3ccccc3)c3ccccc3)c3ccccc3)cc2)[C@H]1C. The summed E-state index contributed by atoms with van der Waals surface area (Å²) in [6, 6.07) is 53.3. The van der Waals surface area contributed by atoms with Gasteiger partial charge in [-0.15, -0.1) is 0 Å². The van der Waals surface area contributed by atoms with Gasteiger partial charge in [-0.05, 0) is 81.5 Å². The molecule has 43 heavy (non-hydrogen) atoms. The van der Waals surface area contributed by atoms with E-state index in [0.717, 1.165) is 28.9 Å². The number of anilines is 2. The molecule has 2 heteroatoms. The Hall–Kier alpha value is -5.13. The van der Waals surface area contributed by atoms with Gasteiger partial charge in [0.25, 0.3) is 0 Å². The zero-order valence-corrected chi connectivity index (χ0v) is 24.8. The van der Waals surface area contributed by atoms with E-state index < -0.39 is 0 Å². The van der Waals surface area contributed by atoms with Gasteiger partial charge in [0, 0.05) is 11.4 Å². The first-order chi connectivity index (χ1) is 21.2. The highest BCUT2D eigenvalue weighted by Crippen LogP contribution is 2.41. The van der Waals surface area contributed by atoms with Crippen LogP contribution in [0.25, 0.3) is 11.1 Å². The molecular formula is C41H36N2. The maximum absolute atomic E-state index is 10.6. The van der Waals surface area contributed by atoms with Gasteiger partial charge < -0.3 is 4.90 Å². The van der Waals surface area contributed by atoms with Gasteiger partial charge in [-0.25, -0.2) is 0 Å². The summed E-state index contributed by atoms with van der Waals surface area (Å²) < 4.78 is 0. The lowest BCUT2D eigenvalue weighted by Gasteiger charge is -2.33. The van der Waals surface area contributed by atoms with Crippen LogP contribution in [0.3, 0.4) is 0 Å². The second-order valence-electron chi connectivity index (χ2n) is 11.3. The molecule has 5 aromatic carbocycles. The van der Waals surface area contributed by atoms with Crippen molar-refractivity contribution < 1.29 is 0 Å². The summed E-state index contributed by atoms with van der Waals surface area (Å²) in [6.45, 7) is 4.53. The molecule has 1 aliphatic carbocycles. The van der Waals surface area contributed by atoms with Gasteiger partial charge in [-0.3, -0.25) is 0 Å². The van der Waals surface area contributed by atoms with E-state index in [1.165, 1.54) is 27.8 Å². The molecular weight excluding hydrogens is 520 g/mol. The van der Waals surface area contributed by atoms with Gasteiger partial charge in [-0.2, -0.15) is 5.26 Å². The Morgan fingerprint density at radius 3 is 1.37 bits per heavy atom. The Balaban J connectivity index is 1.52. The molecule has 210 valence electrons. The Morgan fingerprint density at radius 1 is 0.581 bits per heavy atom. The Bertz CT molecular complexity index is 1710. The van der Waals surface area contributed by atoms with Crippen LogP contribution in [-0.2, 0) is 0 Å². The predicted molar refractivity (Wildman–Crippen MR) is 180 cm³/mol. The van der Waals surface area contributed by atoms with Gasteiger partial charge in [0.15, 0.2) is 0 Å². The Kier molecular flexibility index (Phi) is 8.34. The number of hydrogen-bond acceptors (Lipinski definition) is 2. The maximum atomic E-state index is 10.6. The van der Waals surface area contributed by atoms with Crippen molar-refractivity contribution in [2.45, 2.75) is 26.3 Å². The zero-order valence-electron chi connectivity index (χ0n) is 24.8. The van der Waals surface area contributed by atoms with Crippen LogP contribution in [0.4, 0.5) is 11.4 Å². The highest BCUT2D eigenvalue weighted by molar-refractivity contribution is 6.04. The van der Waals surface area contributed by atoms with Crippen LogP contribution in [0.5, 0.6) is 0 Å². The number of benzene rings is 5. The molecule has 0 bridgehead atoms. The average Bonchev–Trinajstić information content (AvgIpc) is 3.41. The largest absolute Gasteiger partial charge is 0.321 e. The van der Waals surface area contributed by atoms with E-state index in [1.54, 1.807) is 0 Å². The second-order valence-corrected chi connectivity index (χ2v) is 11.3. The van der Waals surface area contributed by atoms with Gasteiger partial charge in [-0.1, -0.05) is 141 Å². The predicted octanol–water partition coefficient (Wildman–Crippen LogP) is 10.3. The first kappa shape index (κ1) is 28.0. The lowest BCUT2D eigenvalue weighted by molar-refractivity contribution is 0.470. The molecule has 0 aromatic heterocycles. The van der Waals surface area contributed by atoms with E-state index >= 15 is 0 Å². The fraction of sp³-hybridized carbons (Fsp3) is 0.146. The van der Waals surface area contributed by atoms with Crippen molar-refractivity contribution in [1.82, 2.24) is 0 Å². The second kappa shape index (κ2) is 12.8. The van der Waals surface area contributed by atoms with Crippen molar-refractivity contribution in [2.24, 2.45) is 11.8 Å². The fourth-order valence-electron chi connectivity index (χ4n) is 6.23. The number of allylic oxidation sites excluding steroid dienone is 1. The fourth-order valence-corrected chi connectivity index (χ4v) is 6.23. The van der Waals surface area contributed by atoms with Crippen LogP contribution in [0.1, 0.15) is 42.5 Å². The molecule has 1 unspecified atom stereocenters. The van der Waals surface area contributed by atoms with Crippen molar-refractivity contribution in [1.29, 1.82) is 5.26 Å². The summed E-state index contributed by atoms with van der Waals surface area (Å²) in [5.74, 6) is 0.904. The topological polar surface area (TPSA) is 27.0 Å². The zero-order chi connectivity index (χ0) is 29.6. The maximum Gasteiger partial charge on any atom is 0.143 e. The molecule has 3 atom stereocenters. The molecule has 0 N–H and O–H groups in total. The van der Waals surface area contributed by atoms with Crippen LogP contribution < -0.4 is 4.90 Å². The summed E-state index contributed by atoms with van der Waals surface area (Å²) >= 11 is 0. The summed E-state index contributed by atoms with van der Waals surface area (Å²) in [5, 5.41) is 10.6. The number of nitriles is 1. The monoisotopic (exact) mass is 556 g/mol. The molecule has 0 amide bonds. The Labute approximate surface area is 255 Å². The van der Waals surface area contributed by atoms with E-state index in [-0.39, 0.29) is 6.04 Å². The third kappa shape index (κ3) is 5.81. The highest BCUT2D eigenvalue weighted by atomic mass is 15.2. The first-order valence-electron chi connectivity index (χ1n) is 15.1. The third-order valence-electron chi connectivity index (χ3n) is 8.71. The van der Waals surface area contributed by atoms with Crippen molar-refractivity contribution >= 4 is 22.5 Å². The van der Waals surface area contributed by atoms with E-state index in [4.69, 9.17) is 0 Å². The minimum absolute atomic E-state index is 0.363. The quantitative estimate of drug-likeness (QED) is 0.140. The normalized spacial score (nSPS) is 16.5. The lowest BCUT2D eigenvalue weighted by atomic mass is 9.85. The summed E-state index contributed by atoms with van der Waals surface area (Å²) in [6.07, 6.45) is 3.30. The van der Waals surface area contributed by atoms with Gasteiger partial charge in [0.2, 0.25) is 0 Å². The van der Waals surface area contributed by atoms with Gasteiger partial charge in [0.1, 0.15) is 6.04 Å². The summed E-state index contributed by atoms with van der Waals surface area (Å²) in [5.41, 5.74) is 10.2. The molecule has 2 nitrogen and oxygen atoms in total. The van der Waals surface area contributed by atoms with Crippen molar-refractivity contribution in [3.05, 3.63) is 179 Å². The van der Waals surface area contributed by atoms with Crippen LogP contribution >= 0.6 is 0 Å². The number of nitrogens with zero attached hydrogens (tertiary/aromatic N) is 2. The van der Waals surface area contributed by atoms with E-state index in [1.807, 2.05) is 18.2 Å². The molecule has 0 saturated carbocycles.